The number of amides is 2. The van der Waals surface area contributed by atoms with Gasteiger partial charge in [-0.25, -0.2) is 12.7 Å². The lowest BCUT2D eigenvalue weighted by atomic mass is 10.3. The van der Waals surface area contributed by atoms with Crippen LogP contribution in [-0.2, 0) is 19.6 Å². The maximum atomic E-state index is 12.1. The molecule has 0 spiro atoms. The number of para-hydroxylation sites is 2. The van der Waals surface area contributed by atoms with Crippen molar-refractivity contribution >= 4 is 33.2 Å². The van der Waals surface area contributed by atoms with E-state index in [1.165, 1.54) is 45.3 Å². The molecule has 0 bridgehead atoms. The highest BCUT2D eigenvalue weighted by Gasteiger charge is 2.16. The highest BCUT2D eigenvalue weighted by molar-refractivity contribution is 7.89. The molecular formula is C18H21N3O5S. The molecule has 0 fully saturated rings. The maximum absolute atomic E-state index is 12.1. The van der Waals surface area contributed by atoms with Crippen molar-refractivity contribution in [2.24, 2.45) is 0 Å². The molecule has 0 aliphatic heterocycles. The fourth-order valence-electron chi connectivity index (χ4n) is 2.15. The third-order valence-corrected chi connectivity index (χ3v) is 5.30. The second kappa shape index (κ2) is 8.65. The summed E-state index contributed by atoms with van der Waals surface area (Å²) in [6.45, 7) is 1.11. The molecule has 9 heteroatoms. The lowest BCUT2D eigenvalue weighted by molar-refractivity contribution is -0.118. The van der Waals surface area contributed by atoms with E-state index in [1.807, 2.05) is 0 Å². The molecule has 0 saturated carbocycles. The second-order valence-electron chi connectivity index (χ2n) is 5.83. The SMILES string of the molecule is CC(=O)Nc1ccccc1OCC(=O)Nc1ccc(S(=O)(=O)N(C)C)cc1. The van der Waals surface area contributed by atoms with Gasteiger partial charge >= 0.3 is 0 Å². The predicted molar refractivity (Wildman–Crippen MR) is 102 cm³/mol. The molecule has 0 aliphatic carbocycles. The molecule has 2 amide bonds. The van der Waals surface area contributed by atoms with Gasteiger partial charge in [0.25, 0.3) is 5.91 Å². The standard InChI is InChI=1S/C18H21N3O5S/c1-13(22)19-16-6-4-5-7-17(16)26-12-18(23)20-14-8-10-15(11-9-14)27(24,25)21(2)3/h4-11H,12H2,1-3H3,(H,19,22)(H,20,23). The first kappa shape index (κ1) is 20.4. The highest BCUT2D eigenvalue weighted by atomic mass is 32.2. The third kappa shape index (κ3) is 5.53. The van der Waals surface area contributed by atoms with Crippen LogP contribution in [-0.4, -0.2) is 45.2 Å². The Kier molecular flexibility index (Phi) is 6.54. The summed E-state index contributed by atoms with van der Waals surface area (Å²) in [4.78, 5) is 23.4. The molecule has 0 aromatic heterocycles. The van der Waals surface area contributed by atoms with Gasteiger partial charge < -0.3 is 15.4 Å². The fourth-order valence-corrected chi connectivity index (χ4v) is 3.05. The predicted octanol–water partition coefficient (Wildman–Crippen LogP) is 1.91. The van der Waals surface area contributed by atoms with Crippen molar-refractivity contribution in [3.8, 4) is 5.75 Å². The molecule has 8 nitrogen and oxygen atoms in total. The van der Waals surface area contributed by atoms with Crippen LogP contribution >= 0.6 is 0 Å². The first-order chi connectivity index (χ1) is 12.7. The summed E-state index contributed by atoms with van der Waals surface area (Å²) in [7, 11) is -0.630. The van der Waals surface area contributed by atoms with Gasteiger partial charge in [0.2, 0.25) is 15.9 Å². The van der Waals surface area contributed by atoms with Crippen molar-refractivity contribution in [1.82, 2.24) is 4.31 Å². The molecule has 2 N–H and O–H groups in total. The van der Waals surface area contributed by atoms with E-state index in [0.29, 0.717) is 17.1 Å². The number of anilines is 2. The number of nitrogens with zero attached hydrogens (tertiary/aromatic N) is 1. The van der Waals surface area contributed by atoms with Crippen LogP contribution in [0, 0.1) is 0 Å². The zero-order chi connectivity index (χ0) is 20.0. The van der Waals surface area contributed by atoms with Gasteiger partial charge in [0.05, 0.1) is 10.6 Å². The van der Waals surface area contributed by atoms with Gasteiger partial charge in [-0.3, -0.25) is 9.59 Å². The van der Waals surface area contributed by atoms with Gasteiger partial charge in [-0.05, 0) is 36.4 Å². The van der Waals surface area contributed by atoms with E-state index in [0.717, 1.165) is 4.31 Å². The van der Waals surface area contributed by atoms with E-state index in [1.54, 1.807) is 24.3 Å². The highest BCUT2D eigenvalue weighted by Crippen LogP contribution is 2.23. The van der Waals surface area contributed by atoms with Gasteiger partial charge in [0, 0.05) is 26.7 Å². The normalized spacial score (nSPS) is 11.1. The minimum absolute atomic E-state index is 0.131. The van der Waals surface area contributed by atoms with Crippen molar-refractivity contribution in [1.29, 1.82) is 0 Å². The Morgan fingerprint density at radius 3 is 2.22 bits per heavy atom. The van der Waals surface area contributed by atoms with Gasteiger partial charge in [-0.15, -0.1) is 0 Å². The largest absolute Gasteiger partial charge is 0.482 e. The Balaban J connectivity index is 1.98. The lowest BCUT2D eigenvalue weighted by Crippen LogP contribution is -2.22. The topological polar surface area (TPSA) is 105 Å². The average Bonchev–Trinajstić information content (AvgIpc) is 2.61. The summed E-state index contributed by atoms with van der Waals surface area (Å²) >= 11 is 0. The molecule has 27 heavy (non-hydrogen) atoms. The molecule has 0 unspecified atom stereocenters. The number of carbonyl (C=O) groups excluding carboxylic acids is 2. The van der Waals surface area contributed by atoms with Gasteiger partial charge in [-0.1, -0.05) is 12.1 Å². The summed E-state index contributed by atoms with van der Waals surface area (Å²) in [5.74, 6) is -0.297. The van der Waals surface area contributed by atoms with Gasteiger partial charge in [0.15, 0.2) is 6.61 Å². The van der Waals surface area contributed by atoms with Gasteiger partial charge in [-0.2, -0.15) is 0 Å². The van der Waals surface area contributed by atoms with Crippen LogP contribution in [0.3, 0.4) is 0 Å². The summed E-state index contributed by atoms with van der Waals surface area (Å²) < 4.78 is 30.6. The number of hydrogen-bond donors (Lipinski definition) is 2. The number of hydrogen-bond acceptors (Lipinski definition) is 5. The minimum Gasteiger partial charge on any atom is -0.482 e. The first-order valence-electron chi connectivity index (χ1n) is 8.02. The Hall–Kier alpha value is -2.91. The number of ether oxygens (including phenoxy) is 1. The lowest BCUT2D eigenvalue weighted by Gasteiger charge is -2.13. The smallest absolute Gasteiger partial charge is 0.262 e. The molecule has 2 aromatic carbocycles. The second-order valence-corrected chi connectivity index (χ2v) is 7.98. The number of sulfonamides is 1. The number of rotatable bonds is 7. The van der Waals surface area contributed by atoms with Crippen LogP contribution in [0.5, 0.6) is 5.75 Å². The van der Waals surface area contributed by atoms with Crippen molar-refractivity contribution in [3.63, 3.8) is 0 Å². The molecule has 0 saturated heterocycles. The van der Waals surface area contributed by atoms with Crippen molar-refractivity contribution in [2.45, 2.75) is 11.8 Å². The molecule has 0 atom stereocenters. The maximum Gasteiger partial charge on any atom is 0.262 e. The first-order valence-corrected chi connectivity index (χ1v) is 9.46. The summed E-state index contributed by atoms with van der Waals surface area (Å²) in [5.41, 5.74) is 0.910. The Morgan fingerprint density at radius 2 is 1.63 bits per heavy atom. The number of carbonyl (C=O) groups is 2. The van der Waals surface area contributed by atoms with E-state index in [2.05, 4.69) is 10.6 Å². The van der Waals surface area contributed by atoms with E-state index < -0.39 is 15.9 Å². The molecular weight excluding hydrogens is 370 g/mol. The fraction of sp³-hybridized carbons (Fsp3) is 0.222. The average molecular weight is 391 g/mol. The Labute approximate surface area is 158 Å². The van der Waals surface area contributed by atoms with E-state index in [4.69, 9.17) is 4.74 Å². The summed E-state index contributed by atoms with van der Waals surface area (Å²) in [6.07, 6.45) is 0. The minimum atomic E-state index is -3.52. The van der Waals surface area contributed by atoms with Gasteiger partial charge in [0.1, 0.15) is 5.75 Å². The Bertz CT molecular complexity index is 924. The summed E-state index contributed by atoms with van der Waals surface area (Å²) in [5, 5.41) is 5.24. The van der Waals surface area contributed by atoms with Crippen LogP contribution in [0.4, 0.5) is 11.4 Å². The third-order valence-electron chi connectivity index (χ3n) is 3.47. The number of nitrogens with one attached hydrogen (secondary N) is 2. The van der Waals surface area contributed by atoms with Crippen LogP contribution in [0.2, 0.25) is 0 Å². The number of benzene rings is 2. The van der Waals surface area contributed by atoms with Crippen LogP contribution in [0.15, 0.2) is 53.4 Å². The van der Waals surface area contributed by atoms with Crippen LogP contribution < -0.4 is 15.4 Å². The van der Waals surface area contributed by atoms with E-state index in [-0.39, 0.29) is 17.4 Å². The monoisotopic (exact) mass is 391 g/mol. The van der Waals surface area contributed by atoms with Crippen LogP contribution in [0.25, 0.3) is 0 Å². The Morgan fingerprint density at radius 1 is 1.00 bits per heavy atom. The molecule has 0 aliphatic rings. The van der Waals surface area contributed by atoms with E-state index >= 15 is 0 Å². The van der Waals surface area contributed by atoms with Crippen LogP contribution in [0.1, 0.15) is 6.92 Å². The van der Waals surface area contributed by atoms with Crippen molar-refractivity contribution in [3.05, 3.63) is 48.5 Å². The molecule has 2 aromatic rings. The quantitative estimate of drug-likeness (QED) is 0.750. The molecule has 0 heterocycles. The van der Waals surface area contributed by atoms with Crippen molar-refractivity contribution in [2.75, 3.05) is 31.3 Å². The zero-order valence-electron chi connectivity index (χ0n) is 15.2. The summed E-state index contributed by atoms with van der Waals surface area (Å²) in [6, 6.07) is 12.6. The molecule has 2 rings (SSSR count). The molecule has 0 radical (unpaired) electrons. The molecule has 144 valence electrons. The van der Waals surface area contributed by atoms with Crippen molar-refractivity contribution < 1.29 is 22.7 Å². The zero-order valence-corrected chi connectivity index (χ0v) is 16.0. The van der Waals surface area contributed by atoms with E-state index in [9.17, 15) is 18.0 Å².